The van der Waals surface area contributed by atoms with Gasteiger partial charge in [-0.3, -0.25) is 4.79 Å². The molecule has 0 radical (unpaired) electrons. The van der Waals surface area contributed by atoms with Crippen LogP contribution in [-0.2, 0) is 15.3 Å². The fourth-order valence-electron chi connectivity index (χ4n) is 1.34. The van der Waals surface area contributed by atoms with Gasteiger partial charge >= 0.3 is 5.97 Å². The van der Waals surface area contributed by atoms with Crippen LogP contribution in [0, 0.1) is 0 Å². The molecule has 4 nitrogen and oxygen atoms in total. The number of hydrogen-bond acceptors (Lipinski definition) is 5. The Balaban J connectivity index is 2.30. The summed E-state index contributed by atoms with van der Waals surface area (Å²) in [5.41, 5.74) is 0. The number of methoxy groups -OCH3 is 1. The van der Waals surface area contributed by atoms with Crippen molar-refractivity contribution in [1.82, 2.24) is 5.32 Å². The highest BCUT2D eigenvalue weighted by molar-refractivity contribution is 7.98. The summed E-state index contributed by atoms with van der Waals surface area (Å²) in [6.07, 6.45) is 2.65. The number of thioether (sulfide) groups is 1. The summed E-state index contributed by atoms with van der Waals surface area (Å²) in [5, 5.41) is 3.17. The Morgan fingerprint density at radius 3 is 3.06 bits per heavy atom. The highest BCUT2D eigenvalue weighted by atomic mass is 32.2. The average molecular weight is 257 g/mol. The molecule has 1 atom stereocenters. The molecule has 0 bridgehead atoms. The Morgan fingerprint density at radius 2 is 2.47 bits per heavy atom. The minimum absolute atomic E-state index is 0.203. The van der Waals surface area contributed by atoms with Crippen molar-refractivity contribution in [3.8, 4) is 0 Å². The zero-order chi connectivity index (χ0) is 12.5. The van der Waals surface area contributed by atoms with E-state index in [1.54, 1.807) is 18.0 Å². The van der Waals surface area contributed by atoms with E-state index in [4.69, 9.17) is 9.15 Å². The summed E-state index contributed by atoms with van der Waals surface area (Å²) < 4.78 is 9.98. The van der Waals surface area contributed by atoms with Crippen LogP contribution in [0.5, 0.6) is 0 Å². The van der Waals surface area contributed by atoms with Gasteiger partial charge in [-0.1, -0.05) is 6.92 Å². The van der Waals surface area contributed by atoms with Crippen molar-refractivity contribution in [2.75, 3.05) is 19.4 Å². The molecule has 17 heavy (non-hydrogen) atoms. The van der Waals surface area contributed by atoms with Crippen LogP contribution in [0.2, 0.25) is 0 Å². The van der Waals surface area contributed by atoms with E-state index in [0.717, 1.165) is 24.5 Å². The highest BCUT2D eigenvalue weighted by Gasteiger charge is 2.17. The quantitative estimate of drug-likeness (QED) is 0.722. The summed E-state index contributed by atoms with van der Waals surface area (Å²) in [5.74, 6) is 2.18. The van der Waals surface area contributed by atoms with Gasteiger partial charge in [0, 0.05) is 5.75 Å². The third-order valence-corrected chi connectivity index (χ3v) is 3.29. The van der Waals surface area contributed by atoms with Gasteiger partial charge in [0.15, 0.2) is 0 Å². The molecule has 5 heteroatoms. The largest absolute Gasteiger partial charge is 0.468 e. The lowest BCUT2D eigenvalue weighted by atomic mass is 10.3. The number of rotatable bonds is 8. The third kappa shape index (κ3) is 5.28. The van der Waals surface area contributed by atoms with E-state index in [0.29, 0.717) is 5.75 Å². The van der Waals surface area contributed by atoms with Gasteiger partial charge in [-0.15, -0.1) is 0 Å². The zero-order valence-corrected chi connectivity index (χ0v) is 11.1. The number of furan rings is 1. The second-order valence-electron chi connectivity index (χ2n) is 3.62. The van der Waals surface area contributed by atoms with Crippen LogP contribution in [-0.4, -0.2) is 31.4 Å². The van der Waals surface area contributed by atoms with Gasteiger partial charge in [-0.25, -0.2) is 0 Å². The first-order chi connectivity index (χ1) is 8.27. The lowest BCUT2D eigenvalue weighted by molar-refractivity contribution is -0.142. The van der Waals surface area contributed by atoms with Crippen LogP contribution in [0.1, 0.15) is 19.1 Å². The van der Waals surface area contributed by atoms with Crippen molar-refractivity contribution in [3.05, 3.63) is 24.2 Å². The first-order valence-electron chi connectivity index (χ1n) is 5.69. The van der Waals surface area contributed by atoms with Crippen LogP contribution in [0.4, 0.5) is 0 Å². The van der Waals surface area contributed by atoms with Crippen LogP contribution >= 0.6 is 11.8 Å². The Bertz CT molecular complexity index is 314. The van der Waals surface area contributed by atoms with Gasteiger partial charge in [-0.05, 0) is 25.1 Å². The molecule has 1 aromatic heterocycles. The van der Waals surface area contributed by atoms with Crippen molar-refractivity contribution in [1.29, 1.82) is 0 Å². The summed E-state index contributed by atoms with van der Waals surface area (Å²) in [6.45, 7) is 2.89. The number of nitrogens with one attached hydrogen (secondary N) is 1. The van der Waals surface area contributed by atoms with Crippen molar-refractivity contribution < 1.29 is 13.9 Å². The molecule has 0 aromatic carbocycles. The van der Waals surface area contributed by atoms with Gasteiger partial charge < -0.3 is 14.5 Å². The SMILES string of the molecule is CCCNC(CSCc1ccco1)C(=O)OC. The van der Waals surface area contributed by atoms with E-state index < -0.39 is 0 Å². The van der Waals surface area contributed by atoms with Crippen molar-refractivity contribution in [2.24, 2.45) is 0 Å². The fraction of sp³-hybridized carbons (Fsp3) is 0.583. The molecule has 1 aromatic rings. The molecule has 0 aliphatic rings. The number of carbonyl (C=O) groups excluding carboxylic acids is 1. The van der Waals surface area contributed by atoms with E-state index in [1.165, 1.54) is 7.11 Å². The predicted molar refractivity (Wildman–Crippen MR) is 69.0 cm³/mol. The van der Waals surface area contributed by atoms with Crippen molar-refractivity contribution >= 4 is 17.7 Å². The molecule has 0 saturated carbocycles. The predicted octanol–water partition coefficient (Wildman–Crippen LogP) is 2.05. The number of esters is 1. The molecule has 0 amide bonds. The Labute approximate surface area is 106 Å². The van der Waals surface area contributed by atoms with Gasteiger partial charge in [0.1, 0.15) is 11.8 Å². The number of hydrogen-bond donors (Lipinski definition) is 1. The summed E-state index contributed by atoms with van der Waals surface area (Å²) in [6, 6.07) is 3.56. The smallest absolute Gasteiger partial charge is 0.323 e. The number of ether oxygens (including phenoxy) is 1. The molecule has 1 N–H and O–H groups in total. The van der Waals surface area contributed by atoms with Gasteiger partial charge in [0.2, 0.25) is 0 Å². The molecular formula is C12H19NO3S. The molecule has 0 saturated heterocycles. The second-order valence-corrected chi connectivity index (χ2v) is 4.65. The second kappa shape index (κ2) is 8.20. The molecule has 96 valence electrons. The van der Waals surface area contributed by atoms with E-state index in [9.17, 15) is 4.79 Å². The minimum atomic E-state index is -0.236. The minimum Gasteiger partial charge on any atom is -0.468 e. The standard InChI is InChI=1S/C12H19NO3S/c1-3-6-13-11(12(14)15-2)9-17-8-10-5-4-7-16-10/h4-5,7,11,13H,3,6,8-9H2,1-2H3. The third-order valence-electron chi connectivity index (χ3n) is 2.24. The Hall–Kier alpha value is -0.940. The van der Waals surface area contributed by atoms with Crippen LogP contribution < -0.4 is 5.32 Å². The van der Waals surface area contributed by atoms with Crippen molar-refractivity contribution in [3.63, 3.8) is 0 Å². The normalized spacial score (nSPS) is 12.4. The maximum Gasteiger partial charge on any atom is 0.323 e. The molecule has 1 heterocycles. The molecule has 0 fully saturated rings. The lowest BCUT2D eigenvalue weighted by Crippen LogP contribution is -2.40. The topological polar surface area (TPSA) is 51.5 Å². The molecule has 0 aliphatic heterocycles. The lowest BCUT2D eigenvalue weighted by Gasteiger charge is -2.15. The maximum atomic E-state index is 11.5. The molecule has 0 aliphatic carbocycles. The number of carbonyl (C=O) groups is 1. The average Bonchev–Trinajstić information content (AvgIpc) is 2.85. The maximum absolute atomic E-state index is 11.5. The highest BCUT2D eigenvalue weighted by Crippen LogP contribution is 2.13. The summed E-state index contributed by atoms with van der Waals surface area (Å²) >= 11 is 1.66. The first-order valence-corrected chi connectivity index (χ1v) is 6.84. The van der Waals surface area contributed by atoms with Gasteiger partial charge in [-0.2, -0.15) is 11.8 Å². The van der Waals surface area contributed by atoms with E-state index in [2.05, 4.69) is 12.2 Å². The van der Waals surface area contributed by atoms with Crippen LogP contribution in [0.25, 0.3) is 0 Å². The Kier molecular flexibility index (Phi) is 6.81. The molecule has 1 unspecified atom stereocenters. The summed E-state index contributed by atoms with van der Waals surface area (Å²) in [4.78, 5) is 11.5. The van der Waals surface area contributed by atoms with E-state index >= 15 is 0 Å². The van der Waals surface area contributed by atoms with Gasteiger partial charge in [0.05, 0.1) is 19.1 Å². The van der Waals surface area contributed by atoms with Crippen LogP contribution in [0.15, 0.2) is 22.8 Å². The van der Waals surface area contributed by atoms with Gasteiger partial charge in [0.25, 0.3) is 0 Å². The first kappa shape index (κ1) is 14.1. The zero-order valence-electron chi connectivity index (χ0n) is 10.3. The summed E-state index contributed by atoms with van der Waals surface area (Å²) in [7, 11) is 1.42. The van der Waals surface area contributed by atoms with E-state index in [1.807, 2.05) is 12.1 Å². The van der Waals surface area contributed by atoms with Crippen LogP contribution in [0.3, 0.4) is 0 Å². The molecule has 0 spiro atoms. The Morgan fingerprint density at radius 1 is 1.65 bits per heavy atom. The van der Waals surface area contributed by atoms with E-state index in [-0.39, 0.29) is 12.0 Å². The fourth-order valence-corrected chi connectivity index (χ4v) is 2.32. The monoisotopic (exact) mass is 257 g/mol. The molecular weight excluding hydrogens is 238 g/mol. The molecule has 1 rings (SSSR count). The van der Waals surface area contributed by atoms with Crippen molar-refractivity contribution in [2.45, 2.75) is 25.1 Å².